The number of benzene rings is 1. The van der Waals surface area contributed by atoms with Gasteiger partial charge in [0.2, 0.25) is 0 Å². The third-order valence-corrected chi connectivity index (χ3v) is 1.93. The zero-order valence-electron chi connectivity index (χ0n) is 7.01. The third-order valence-electron chi connectivity index (χ3n) is 1.34. The molecule has 0 aliphatic carbocycles. The normalized spacial score (nSPS) is 9.77. The van der Waals surface area contributed by atoms with Crippen LogP contribution in [0.1, 0.15) is 6.92 Å². The lowest BCUT2D eigenvalue weighted by molar-refractivity contribution is -0.118. The minimum absolute atomic E-state index is 0.0105. The first-order chi connectivity index (χ1) is 6.11. The first kappa shape index (κ1) is 10.4. The van der Waals surface area contributed by atoms with E-state index in [1.165, 1.54) is 6.92 Å². The van der Waals surface area contributed by atoms with Gasteiger partial charge in [0.1, 0.15) is 6.61 Å². The van der Waals surface area contributed by atoms with Crippen LogP contribution < -0.4 is 4.74 Å². The standard InChI is InChI=1S/C9H8Cl2O2/c1-6(12)5-13-9-7(10)3-2-4-8(9)11/h2-4H,5H2,1H3. The molecular weight excluding hydrogens is 211 g/mol. The molecule has 0 aliphatic heterocycles. The van der Waals surface area contributed by atoms with Crippen molar-refractivity contribution in [1.82, 2.24) is 0 Å². The maximum Gasteiger partial charge on any atom is 0.167 e. The minimum atomic E-state index is -0.0732. The molecule has 0 fully saturated rings. The Hall–Kier alpha value is -0.730. The number of ether oxygens (including phenoxy) is 1. The van der Waals surface area contributed by atoms with E-state index in [0.29, 0.717) is 15.8 Å². The van der Waals surface area contributed by atoms with Crippen molar-refractivity contribution in [1.29, 1.82) is 0 Å². The Balaban J connectivity index is 2.81. The second-order valence-corrected chi connectivity index (χ2v) is 3.36. The van der Waals surface area contributed by atoms with E-state index in [1.807, 2.05) is 0 Å². The van der Waals surface area contributed by atoms with Gasteiger partial charge in [0, 0.05) is 0 Å². The number of carbonyl (C=O) groups is 1. The van der Waals surface area contributed by atoms with E-state index in [-0.39, 0.29) is 12.4 Å². The van der Waals surface area contributed by atoms with Crippen LogP contribution in [0, 0.1) is 0 Å². The second-order valence-electron chi connectivity index (χ2n) is 2.54. The molecule has 0 bridgehead atoms. The molecule has 0 spiro atoms. The lowest BCUT2D eigenvalue weighted by Crippen LogP contribution is -2.07. The number of halogens is 2. The van der Waals surface area contributed by atoms with Gasteiger partial charge in [0.15, 0.2) is 11.5 Å². The molecule has 70 valence electrons. The smallest absolute Gasteiger partial charge is 0.167 e. The van der Waals surface area contributed by atoms with Gasteiger partial charge < -0.3 is 4.74 Å². The van der Waals surface area contributed by atoms with Gasteiger partial charge in [0.05, 0.1) is 10.0 Å². The first-order valence-corrected chi connectivity index (χ1v) is 4.43. The number of hydrogen-bond acceptors (Lipinski definition) is 2. The Morgan fingerprint density at radius 3 is 2.38 bits per heavy atom. The molecular formula is C9H8Cl2O2. The molecule has 0 saturated heterocycles. The molecule has 13 heavy (non-hydrogen) atoms. The summed E-state index contributed by atoms with van der Waals surface area (Å²) in [5.74, 6) is 0.289. The Morgan fingerprint density at radius 2 is 1.92 bits per heavy atom. The molecule has 2 nitrogen and oxygen atoms in total. The van der Waals surface area contributed by atoms with E-state index < -0.39 is 0 Å². The molecule has 0 aliphatic rings. The Kier molecular flexibility index (Phi) is 3.58. The zero-order valence-corrected chi connectivity index (χ0v) is 8.52. The van der Waals surface area contributed by atoms with E-state index in [9.17, 15) is 4.79 Å². The van der Waals surface area contributed by atoms with Gasteiger partial charge in [-0.3, -0.25) is 4.79 Å². The van der Waals surface area contributed by atoms with Gasteiger partial charge >= 0.3 is 0 Å². The highest BCUT2D eigenvalue weighted by Crippen LogP contribution is 2.32. The van der Waals surface area contributed by atoms with Crippen LogP contribution in [0.2, 0.25) is 10.0 Å². The maximum absolute atomic E-state index is 10.6. The van der Waals surface area contributed by atoms with Crippen LogP contribution >= 0.6 is 23.2 Å². The van der Waals surface area contributed by atoms with Gasteiger partial charge in [-0.05, 0) is 19.1 Å². The SMILES string of the molecule is CC(=O)COc1c(Cl)cccc1Cl. The molecule has 0 aromatic heterocycles. The third kappa shape index (κ3) is 2.90. The monoisotopic (exact) mass is 218 g/mol. The quantitative estimate of drug-likeness (QED) is 0.781. The summed E-state index contributed by atoms with van der Waals surface area (Å²) in [5.41, 5.74) is 0. The number of para-hydroxylation sites is 1. The fourth-order valence-corrected chi connectivity index (χ4v) is 1.30. The first-order valence-electron chi connectivity index (χ1n) is 3.67. The van der Waals surface area contributed by atoms with Crippen LogP contribution in [0.25, 0.3) is 0 Å². The van der Waals surface area contributed by atoms with Crippen LogP contribution in [0.4, 0.5) is 0 Å². The molecule has 1 aromatic rings. The predicted octanol–water partition coefficient (Wildman–Crippen LogP) is 2.96. The summed E-state index contributed by atoms with van der Waals surface area (Å²) >= 11 is 11.6. The van der Waals surface area contributed by atoms with E-state index in [4.69, 9.17) is 27.9 Å². The molecule has 0 atom stereocenters. The van der Waals surface area contributed by atoms with Crippen molar-refractivity contribution in [3.63, 3.8) is 0 Å². The average molecular weight is 219 g/mol. The molecule has 1 aromatic carbocycles. The molecule has 0 radical (unpaired) electrons. The summed E-state index contributed by atoms with van der Waals surface area (Å²) in [4.78, 5) is 10.6. The summed E-state index contributed by atoms with van der Waals surface area (Å²) in [6.07, 6.45) is 0. The minimum Gasteiger partial charge on any atom is -0.483 e. The van der Waals surface area contributed by atoms with Crippen molar-refractivity contribution in [3.8, 4) is 5.75 Å². The van der Waals surface area contributed by atoms with Gasteiger partial charge in [0.25, 0.3) is 0 Å². The molecule has 0 heterocycles. The molecule has 0 amide bonds. The van der Waals surface area contributed by atoms with Crippen LogP contribution in [0.15, 0.2) is 18.2 Å². The van der Waals surface area contributed by atoms with Crippen molar-refractivity contribution in [3.05, 3.63) is 28.2 Å². The number of ketones is 1. The number of Topliss-reactive ketones (excluding diaryl/α,β-unsaturated/α-hetero) is 1. The average Bonchev–Trinajstić information content (AvgIpc) is 2.03. The topological polar surface area (TPSA) is 26.3 Å². The summed E-state index contributed by atoms with van der Waals surface area (Å²) in [5, 5.41) is 0.822. The highest BCUT2D eigenvalue weighted by Gasteiger charge is 2.06. The van der Waals surface area contributed by atoms with Gasteiger partial charge in [-0.15, -0.1) is 0 Å². The van der Waals surface area contributed by atoms with Crippen molar-refractivity contribution < 1.29 is 9.53 Å². The van der Waals surface area contributed by atoms with E-state index >= 15 is 0 Å². The molecule has 4 heteroatoms. The highest BCUT2D eigenvalue weighted by molar-refractivity contribution is 6.37. The summed E-state index contributed by atoms with van der Waals surface area (Å²) < 4.78 is 5.12. The van der Waals surface area contributed by atoms with E-state index in [0.717, 1.165) is 0 Å². The van der Waals surface area contributed by atoms with Crippen LogP contribution in [-0.4, -0.2) is 12.4 Å². The summed E-state index contributed by atoms with van der Waals surface area (Å²) in [7, 11) is 0. The predicted molar refractivity (Wildman–Crippen MR) is 52.6 cm³/mol. The summed E-state index contributed by atoms with van der Waals surface area (Å²) in [6, 6.07) is 5.02. The largest absolute Gasteiger partial charge is 0.483 e. The number of carbonyl (C=O) groups excluding carboxylic acids is 1. The Bertz CT molecular complexity index is 303. The van der Waals surface area contributed by atoms with E-state index in [1.54, 1.807) is 18.2 Å². The van der Waals surface area contributed by atoms with Crippen LogP contribution in [-0.2, 0) is 4.79 Å². The van der Waals surface area contributed by atoms with E-state index in [2.05, 4.69) is 0 Å². The van der Waals surface area contributed by atoms with Crippen molar-refractivity contribution in [2.75, 3.05) is 6.61 Å². The van der Waals surface area contributed by atoms with Crippen molar-refractivity contribution in [2.24, 2.45) is 0 Å². The molecule has 0 unspecified atom stereocenters. The van der Waals surface area contributed by atoms with Gasteiger partial charge in [-0.2, -0.15) is 0 Å². The zero-order chi connectivity index (χ0) is 9.84. The van der Waals surface area contributed by atoms with Crippen molar-refractivity contribution >= 4 is 29.0 Å². The van der Waals surface area contributed by atoms with Gasteiger partial charge in [-0.25, -0.2) is 0 Å². The maximum atomic E-state index is 10.6. The molecule has 1 rings (SSSR count). The van der Waals surface area contributed by atoms with Gasteiger partial charge in [-0.1, -0.05) is 29.3 Å². The van der Waals surface area contributed by atoms with Crippen LogP contribution in [0.3, 0.4) is 0 Å². The number of hydrogen-bond donors (Lipinski definition) is 0. The Morgan fingerprint density at radius 1 is 1.38 bits per heavy atom. The lowest BCUT2D eigenvalue weighted by atomic mass is 10.3. The lowest BCUT2D eigenvalue weighted by Gasteiger charge is -2.07. The van der Waals surface area contributed by atoms with Crippen LogP contribution in [0.5, 0.6) is 5.75 Å². The second kappa shape index (κ2) is 4.49. The number of rotatable bonds is 3. The Labute approximate surface area is 86.4 Å². The molecule has 0 saturated carbocycles. The highest BCUT2D eigenvalue weighted by atomic mass is 35.5. The fraction of sp³-hybridized carbons (Fsp3) is 0.222. The fourth-order valence-electron chi connectivity index (χ4n) is 0.794. The molecule has 0 N–H and O–H groups in total. The van der Waals surface area contributed by atoms with Crippen molar-refractivity contribution in [2.45, 2.75) is 6.92 Å². The summed E-state index contributed by atoms with van der Waals surface area (Å²) in [6.45, 7) is 1.42.